The van der Waals surface area contributed by atoms with E-state index in [0.29, 0.717) is 12.8 Å². The zero-order valence-corrected chi connectivity index (χ0v) is 8.92. The van der Waals surface area contributed by atoms with Gasteiger partial charge in [0.05, 0.1) is 18.6 Å². The fourth-order valence-electron chi connectivity index (χ4n) is 1.48. The van der Waals surface area contributed by atoms with Crippen molar-refractivity contribution in [3.63, 3.8) is 0 Å². The average molecular weight is 218 g/mol. The van der Waals surface area contributed by atoms with Gasteiger partial charge in [-0.15, -0.1) is 0 Å². The molecule has 5 heteroatoms. The molecule has 0 bridgehead atoms. The number of esters is 1. The first-order valence-corrected chi connectivity index (χ1v) is 6.30. The van der Waals surface area contributed by atoms with Gasteiger partial charge >= 0.3 is 5.97 Å². The molecule has 0 aliphatic carbocycles. The van der Waals surface area contributed by atoms with Gasteiger partial charge in [-0.05, 0) is 18.8 Å². The minimum Gasteiger partial charge on any atom is -0.466 e. The maximum absolute atomic E-state index is 11.1. The Labute approximate surface area is 83.9 Å². The standard InChI is InChI=1S/C9H14O4S/c1-13-9(10)4-2-3-8-5-6-14(11,12)7-8/h2,4,8H,3,5-7H2,1H3/b4-2-. The second-order valence-corrected chi connectivity index (χ2v) is 5.66. The lowest BCUT2D eigenvalue weighted by Gasteiger charge is -2.00. The van der Waals surface area contributed by atoms with E-state index in [2.05, 4.69) is 4.74 Å². The van der Waals surface area contributed by atoms with Gasteiger partial charge < -0.3 is 4.74 Å². The van der Waals surface area contributed by atoms with Gasteiger partial charge in [0.15, 0.2) is 9.84 Å². The predicted octanol–water partition coefficient (Wildman–Crippen LogP) is 0.540. The SMILES string of the molecule is COC(=O)/C=C\CC1CCS(=O)(=O)C1. The first-order chi connectivity index (χ1) is 6.53. The van der Waals surface area contributed by atoms with Crippen LogP contribution in [0, 0.1) is 5.92 Å². The Morgan fingerprint density at radius 2 is 2.29 bits per heavy atom. The maximum Gasteiger partial charge on any atom is 0.330 e. The van der Waals surface area contributed by atoms with Crippen LogP contribution < -0.4 is 0 Å². The summed E-state index contributed by atoms with van der Waals surface area (Å²) in [5, 5.41) is 0. The van der Waals surface area contributed by atoms with Crippen LogP contribution in [0.2, 0.25) is 0 Å². The average Bonchev–Trinajstić information content (AvgIpc) is 2.45. The molecule has 1 unspecified atom stereocenters. The van der Waals surface area contributed by atoms with Crippen LogP contribution in [0.25, 0.3) is 0 Å². The van der Waals surface area contributed by atoms with E-state index in [9.17, 15) is 13.2 Å². The van der Waals surface area contributed by atoms with Crippen molar-refractivity contribution < 1.29 is 17.9 Å². The van der Waals surface area contributed by atoms with Crippen LogP contribution in [0.4, 0.5) is 0 Å². The van der Waals surface area contributed by atoms with E-state index in [1.807, 2.05) is 0 Å². The highest BCUT2D eigenvalue weighted by Gasteiger charge is 2.26. The van der Waals surface area contributed by atoms with Gasteiger partial charge in [-0.2, -0.15) is 0 Å². The van der Waals surface area contributed by atoms with E-state index in [1.54, 1.807) is 6.08 Å². The van der Waals surface area contributed by atoms with Crippen molar-refractivity contribution in [1.82, 2.24) is 0 Å². The van der Waals surface area contributed by atoms with Gasteiger partial charge in [-0.1, -0.05) is 6.08 Å². The van der Waals surface area contributed by atoms with Gasteiger partial charge in [0.25, 0.3) is 0 Å². The van der Waals surface area contributed by atoms with E-state index >= 15 is 0 Å². The van der Waals surface area contributed by atoms with E-state index in [1.165, 1.54) is 13.2 Å². The van der Waals surface area contributed by atoms with Gasteiger partial charge in [-0.25, -0.2) is 13.2 Å². The van der Waals surface area contributed by atoms with Crippen LogP contribution in [0.5, 0.6) is 0 Å². The molecule has 0 radical (unpaired) electrons. The molecule has 0 aromatic heterocycles. The summed E-state index contributed by atoms with van der Waals surface area (Å²) in [6.07, 6.45) is 4.35. The first-order valence-electron chi connectivity index (χ1n) is 4.48. The summed E-state index contributed by atoms with van der Waals surface area (Å²) in [5.41, 5.74) is 0. The van der Waals surface area contributed by atoms with Crippen molar-refractivity contribution in [1.29, 1.82) is 0 Å². The minimum absolute atomic E-state index is 0.168. The molecule has 4 nitrogen and oxygen atoms in total. The summed E-state index contributed by atoms with van der Waals surface area (Å²) in [7, 11) is -1.49. The molecule has 0 aromatic rings. The van der Waals surface area contributed by atoms with E-state index in [4.69, 9.17) is 0 Å². The molecule has 1 saturated heterocycles. The summed E-state index contributed by atoms with van der Waals surface area (Å²) in [5.74, 6) is 0.300. The number of allylic oxidation sites excluding steroid dienone is 1. The van der Waals surface area contributed by atoms with E-state index in [0.717, 1.165) is 0 Å². The highest BCUT2D eigenvalue weighted by molar-refractivity contribution is 7.91. The van der Waals surface area contributed by atoms with Crippen LogP contribution >= 0.6 is 0 Å². The Kier molecular flexibility index (Phi) is 3.69. The molecule has 1 rings (SSSR count). The van der Waals surface area contributed by atoms with Gasteiger partial charge in [-0.3, -0.25) is 0 Å². The molecular formula is C9H14O4S. The second-order valence-electron chi connectivity index (χ2n) is 3.43. The number of rotatable bonds is 3. The molecule has 1 aliphatic heterocycles. The quantitative estimate of drug-likeness (QED) is 0.512. The Morgan fingerprint density at radius 1 is 1.57 bits per heavy atom. The number of sulfone groups is 1. The third-order valence-corrected chi connectivity index (χ3v) is 4.09. The number of hydrogen-bond donors (Lipinski definition) is 0. The van der Waals surface area contributed by atoms with Crippen LogP contribution in [-0.4, -0.2) is 33.0 Å². The van der Waals surface area contributed by atoms with E-state index < -0.39 is 15.8 Å². The summed E-state index contributed by atoms with van der Waals surface area (Å²) in [4.78, 5) is 10.7. The van der Waals surface area contributed by atoms with Gasteiger partial charge in [0.1, 0.15) is 0 Å². The molecule has 0 aromatic carbocycles. The highest BCUT2D eigenvalue weighted by atomic mass is 32.2. The highest BCUT2D eigenvalue weighted by Crippen LogP contribution is 2.21. The molecule has 1 atom stereocenters. The molecule has 0 saturated carbocycles. The van der Waals surface area contributed by atoms with Crippen molar-refractivity contribution in [2.75, 3.05) is 18.6 Å². The Morgan fingerprint density at radius 3 is 2.79 bits per heavy atom. The van der Waals surface area contributed by atoms with Crippen molar-refractivity contribution >= 4 is 15.8 Å². The number of carbonyl (C=O) groups excluding carboxylic acids is 1. The van der Waals surface area contributed by atoms with Gasteiger partial charge in [0.2, 0.25) is 0 Å². The smallest absolute Gasteiger partial charge is 0.330 e. The maximum atomic E-state index is 11.1. The topological polar surface area (TPSA) is 60.4 Å². The van der Waals surface area contributed by atoms with Crippen LogP contribution in [0.1, 0.15) is 12.8 Å². The fraction of sp³-hybridized carbons (Fsp3) is 0.667. The number of hydrogen-bond acceptors (Lipinski definition) is 4. The zero-order valence-electron chi connectivity index (χ0n) is 8.10. The lowest BCUT2D eigenvalue weighted by molar-refractivity contribution is -0.134. The molecule has 0 N–H and O–H groups in total. The van der Waals surface area contributed by atoms with E-state index in [-0.39, 0.29) is 17.4 Å². The lowest BCUT2D eigenvalue weighted by atomic mass is 10.1. The number of carbonyl (C=O) groups is 1. The zero-order chi connectivity index (χ0) is 10.6. The largest absolute Gasteiger partial charge is 0.466 e. The third kappa shape index (κ3) is 3.49. The molecule has 0 spiro atoms. The number of methoxy groups -OCH3 is 1. The molecule has 1 fully saturated rings. The Hall–Kier alpha value is -0.840. The van der Waals surface area contributed by atoms with Crippen molar-refractivity contribution in [2.24, 2.45) is 5.92 Å². The van der Waals surface area contributed by atoms with Gasteiger partial charge in [0, 0.05) is 6.08 Å². The molecular weight excluding hydrogens is 204 g/mol. The summed E-state index contributed by atoms with van der Waals surface area (Å²) < 4.78 is 26.6. The summed E-state index contributed by atoms with van der Waals surface area (Å²) in [6.45, 7) is 0. The van der Waals surface area contributed by atoms with Crippen molar-refractivity contribution in [3.05, 3.63) is 12.2 Å². The van der Waals surface area contributed by atoms with Crippen molar-refractivity contribution in [3.8, 4) is 0 Å². The van der Waals surface area contributed by atoms with Crippen LogP contribution in [0.3, 0.4) is 0 Å². The lowest BCUT2D eigenvalue weighted by Crippen LogP contribution is -2.04. The monoisotopic (exact) mass is 218 g/mol. The fourth-order valence-corrected chi connectivity index (χ4v) is 3.36. The Balaban J connectivity index is 2.34. The molecule has 1 heterocycles. The van der Waals surface area contributed by atoms with Crippen LogP contribution in [0.15, 0.2) is 12.2 Å². The molecule has 14 heavy (non-hydrogen) atoms. The predicted molar refractivity (Wildman–Crippen MR) is 52.5 cm³/mol. The van der Waals surface area contributed by atoms with Crippen molar-refractivity contribution in [2.45, 2.75) is 12.8 Å². The normalized spacial score (nSPS) is 25.4. The Bertz CT molecular complexity index is 329. The molecule has 1 aliphatic rings. The molecule has 80 valence electrons. The molecule has 0 amide bonds. The van der Waals surface area contributed by atoms with Crippen LogP contribution in [-0.2, 0) is 19.4 Å². The minimum atomic E-state index is -2.80. The number of ether oxygens (including phenoxy) is 1. The third-order valence-electron chi connectivity index (χ3n) is 2.25. The first kappa shape index (κ1) is 11.2. The second kappa shape index (κ2) is 4.59. The summed E-state index contributed by atoms with van der Waals surface area (Å²) in [6, 6.07) is 0. The summed E-state index contributed by atoms with van der Waals surface area (Å²) >= 11 is 0.